The molecule has 1 N–H and O–H groups in total. The number of hydrogen-bond acceptors (Lipinski definition) is 9. The molecule has 0 saturated carbocycles. The second-order valence-corrected chi connectivity index (χ2v) is 17.8. The maximum absolute atomic E-state index is 13.2. The van der Waals surface area contributed by atoms with Gasteiger partial charge in [-0.3, -0.25) is 39.9 Å². The number of hydrogen-bond donors (Lipinski definition) is 1. The number of pyridine rings is 6. The van der Waals surface area contributed by atoms with Crippen molar-refractivity contribution < 1.29 is 150 Å². The first-order valence-corrected chi connectivity index (χ1v) is 26.4. The number of carbonyl (C=O) groups excluding carboxylic acids is 1. The fourth-order valence-corrected chi connectivity index (χ4v) is 7.11. The van der Waals surface area contributed by atoms with Gasteiger partial charge in [0.25, 0.3) is 0 Å². The van der Waals surface area contributed by atoms with Gasteiger partial charge in [0.15, 0.2) is 5.78 Å². The van der Waals surface area contributed by atoms with E-state index in [9.17, 15) is 39.9 Å². The van der Waals surface area contributed by atoms with Crippen LogP contribution in [-0.2, 0) is 105 Å². The van der Waals surface area contributed by atoms with E-state index in [0.717, 1.165) is 69.4 Å². The van der Waals surface area contributed by atoms with Crippen LogP contribution in [0.2, 0.25) is 0 Å². The molecule has 6 aromatic heterocycles. The largest absolute Gasteiger partial charge is 0.512 e. The zero-order valence-corrected chi connectivity index (χ0v) is 61.2. The van der Waals surface area contributed by atoms with Gasteiger partial charge in [0.2, 0.25) is 0 Å². The van der Waals surface area contributed by atoms with Gasteiger partial charge in [0, 0.05) is 190 Å². The maximum Gasteiger partial charge on any atom is 0.155 e. The van der Waals surface area contributed by atoms with Crippen LogP contribution in [0.15, 0.2) is 249 Å². The Hall–Kier alpha value is -8.08. The Balaban J connectivity index is 0.000000548. The quantitative estimate of drug-likeness (QED) is 0.0685. The van der Waals surface area contributed by atoms with Crippen molar-refractivity contribution in [3.05, 3.63) is 332 Å². The first-order valence-electron chi connectivity index (χ1n) is 26.4. The molecule has 22 heteroatoms. The summed E-state index contributed by atoms with van der Waals surface area (Å²) in [6.45, 7) is 2.85. The van der Waals surface area contributed by atoms with Gasteiger partial charge >= 0.3 is 0 Å². The molecule has 493 valence electrons. The molecule has 5 radical (unpaired) electrons. The van der Waals surface area contributed by atoms with Crippen LogP contribution >= 0.6 is 0 Å². The number of aromatic nitrogens is 6. The van der Waals surface area contributed by atoms with E-state index in [1.165, 1.54) is 68.5 Å². The van der Waals surface area contributed by atoms with Gasteiger partial charge in [0.05, 0.1) is 12.9 Å². The number of benzene rings is 6. The number of ketones is 1. The Kier molecular flexibility index (Phi) is 41.1. The van der Waals surface area contributed by atoms with Crippen molar-refractivity contribution in [3.8, 4) is 73.3 Å². The number of allylic oxidation sites excluding steroid dienone is 2. The molecule has 6 heterocycles. The van der Waals surface area contributed by atoms with Crippen LogP contribution in [0.3, 0.4) is 0 Å². The molecule has 6 aromatic carbocycles. The topological polar surface area (TPSA) is 124 Å². The smallest absolute Gasteiger partial charge is 0.155 e. The molecule has 0 unspecified atom stereocenters. The molecule has 0 aliphatic carbocycles. The third-order valence-corrected chi connectivity index (χ3v) is 11.1. The first-order chi connectivity index (χ1) is 43.0. The van der Waals surface area contributed by atoms with E-state index in [0.29, 0.717) is 17.1 Å². The minimum absolute atomic E-state index is 0. The van der Waals surface area contributed by atoms with Crippen molar-refractivity contribution in [2.75, 3.05) is 7.11 Å². The third-order valence-electron chi connectivity index (χ3n) is 11.1. The number of aliphatic hydroxyl groups excluding tert-OH is 1. The summed E-state index contributed by atoms with van der Waals surface area (Å²) < 4.78 is 107. The molecule has 12 rings (SSSR count). The fraction of sp³-hybridized carbons (Fsp3) is 0.0417. The summed E-state index contributed by atoms with van der Waals surface area (Å²) in [4.78, 5) is 34.4. The van der Waals surface area contributed by atoms with Crippen LogP contribution in [0.1, 0.15) is 13.8 Å². The van der Waals surface area contributed by atoms with E-state index in [2.05, 4.69) is 66.3 Å². The van der Waals surface area contributed by atoms with Crippen LogP contribution in [0.5, 0.6) is 5.75 Å². The Morgan fingerprint density at radius 1 is 0.362 bits per heavy atom. The Labute approximate surface area is 607 Å². The maximum atomic E-state index is 13.2. The second-order valence-electron chi connectivity index (χ2n) is 17.8. The number of ether oxygens (including phenoxy) is 1. The molecule has 0 fully saturated rings. The Morgan fingerprint density at radius 3 is 0.883 bits per heavy atom. The van der Waals surface area contributed by atoms with E-state index in [4.69, 9.17) is 9.84 Å². The molecule has 0 bridgehead atoms. The first kappa shape index (κ1) is 83.9. The van der Waals surface area contributed by atoms with Crippen molar-refractivity contribution in [2.24, 2.45) is 0 Å². The third kappa shape index (κ3) is 30.3. The van der Waals surface area contributed by atoms with Crippen molar-refractivity contribution in [1.29, 1.82) is 0 Å². The van der Waals surface area contributed by atoms with Crippen molar-refractivity contribution in [1.82, 2.24) is 29.9 Å². The molecule has 0 aliphatic heterocycles. The zero-order valence-electron chi connectivity index (χ0n) is 49.2. The molecular formula is C72H50F8Ir5N6O3-6. The fourth-order valence-electron chi connectivity index (χ4n) is 7.11. The SMILES string of the molecule is CC(=O)C=C(C)O.COc1ccnc(-c2[c-]cc(F)cc2)c1.Fc1c[c-]c(-c2ccccn2)c(F)c1.Fc1c[c-]c(-c2ccccn2)c(F)c1.Fc1c[c-]c(-c2ccccn2)cc1.Fc1c[c-]c(-c2ccccn2)cc1.Fc1c[c-]c(-c2ccccn2)cc1.[Ir].[Ir].[Ir].[Ir].[Ir]. The number of carbonyl (C=O) groups is 1. The summed E-state index contributed by atoms with van der Waals surface area (Å²) in [6.07, 6.45) is 11.0. The molecular weight excluding hydrogens is 2110 g/mol. The molecule has 9 nitrogen and oxygen atoms in total. The number of aliphatic hydroxyl groups is 1. The predicted octanol–water partition coefficient (Wildman–Crippen LogP) is 17.4. The van der Waals surface area contributed by atoms with Gasteiger partial charge in [-0.15, -0.1) is 144 Å². The Bertz CT molecular complexity index is 3800. The summed E-state index contributed by atoms with van der Waals surface area (Å²) in [7, 11) is 1.59. The molecule has 0 amide bonds. The van der Waals surface area contributed by atoms with E-state index < -0.39 is 23.3 Å². The predicted molar refractivity (Wildman–Crippen MR) is 324 cm³/mol. The van der Waals surface area contributed by atoms with Gasteiger partial charge in [0.1, 0.15) is 5.75 Å². The number of methoxy groups -OCH3 is 1. The summed E-state index contributed by atoms with van der Waals surface area (Å²) >= 11 is 0. The monoisotopic (exact) mass is 2160 g/mol. The molecule has 0 spiro atoms. The van der Waals surface area contributed by atoms with Crippen molar-refractivity contribution in [2.45, 2.75) is 13.8 Å². The molecule has 0 atom stereocenters. The second kappa shape index (κ2) is 46.1. The average Bonchev–Trinajstić information content (AvgIpc) is 0.979. The normalized spacial score (nSPS) is 9.59. The summed E-state index contributed by atoms with van der Waals surface area (Å²) in [6, 6.07) is 68.1. The summed E-state index contributed by atoms with van der Waals surface area (Å²) in [5.74, 6) is -3.05. The van der Waals surface area contributed by atoms with Gasteiger partial charge < -0.3 is 39.7 Å². The molecule has 94 heavy (non-hydrogen) atoms. The summed E-state index contributed by atoms with van der Waals surface area (Å²) in [5, 5.41) is 8.36. The van der Waals surface area contributed by atoms with E-state index >= 15 is 0 Å². The molecule has 0 aliphatic rings. The Morgan fingerprint density at radius 2 is 0.649 bits per heavy atom. The minimum atomic E-state index is -0.649. The standard InChI is InChI=1S/C12H9FNO.2C11H6F2N.3C11H7FN.C5H8O2.5Ir/c1-15-11-6-7-14-12(8-11)9-2-4-10(13)5-3-9;2*12-8-4-5-9(10(13)7-8)11-3-1-2-6-14-11;3*12-10-6-4-9(5-7-10)11-3-1-2-8-13-11;1-4(6)3-5(2)7;;;;;/h2,4-8H,1H3;2*1-4,6-7H;3*1-4,6-8H;3,6H,1-2H3;;;;;/q6*-1;;;;;;. The number of nitrogens with zero attached hydrogens (tertiary/aromatic N) is 6. The van der Waals surface area contributed by atoms with E-state index in [1.807, 2.05) is 54.6 Å². The van der Waals surface area contributed by atoms with Crippen LogP contribution in [0.25, 0.3) is 67.5 Å². The zero-order chi connectivity index (χ0) is 63.8. The minimum Gasteiger partial charge on any atom is -0.512 e. The van der Waals surface area contributed by atoms with Gasteiger partial charge in [-0.2, -0.15) is 0 Å². The van der Waals surface area contributed by atoms with E-state index in [1.54, 1.807) is 117 Å². The number of halogens is 8. The van der Waals surface area contributed by atoms with Crippen LogP contribution in [-0.4, -0.2) is 47.9 Å². The summed E-state index contributed by atoms with van der Waals surface area (Å²) in [5.41, 5.74) is 7.58. The molecule has 0 saturated heterocycles. The van der Waals surface area contributed by atoms with Crippen molar-refractivity contribution >= 4 is 5.78 Å². The van der Waals surface area contributed by atoms with Gasteiger partial charge in [-0.25, -0.2) is 0 Å². The average molecular weight is 2160 g/mol. The van der Waals surface area contributed by atoms with Crippen LogP contribution in [0.4, 0.5) is 35.1 Å². The van der Waals surface area contributed by atoms with E-state index in [-0.39, 0.29) is 146 Å². The van der Waals surface area contributed by atoms with Crippen molar-refractivity contribution in [3.63, 3.8) is 0 Å². The van der Waals surface area contributed by atoms with Crippen LogP contribution in [0, 0.1) is 82.9 Å². The number of rotatable bonds is 8. The van der Waals surface area contributed by atoms with Gasteiger partial charge in [-0.1, -0.05) is 83.9 Å². The van der Waals surface area contributed by atoms with Gasteiger partial charge in [-0.05, 0) is 90.5 Å². The molecule has 12 aromatic rings. The van der Waals surface area contributed by atoms with Crippen LogP contribution < -0.4 is 4.74 Å².